The van der Waals surface area contributed by atoms with Crippen LogP contribution in [0.15, 0.2) is 35.5 Å². The van der Waals surface area contributed by atoms with Crippen molar-refractivity contribution in [1.29, 1.82) is 0 Å². The van der Waals surface area contributed by atoms with E-state index < -0.39 is 28.7 Å². The first-order valence-corrected chi connectivity index (χ1v) is 24.3. The first-order valence-electron chi connectivity index (χ1n) is 20.0. The quantitative estimate of drug-likeness (QED) is 0.165. The van der Waals surface area contributed by atoms with Crippen molar-refractivity contribution >= 4 is 22.6 Å². The molecule has 0 saturated heterocycles. The number of carboxylic acid groups (broad SMARTS) is 1. The Balaban J connectivity index is 2.04. The minimum atomic E-state index is -2.17. The molecule has 5 nitrogen and oxygen atoms in total. The second kappa shape index (κ2) is 16.8. The molecule has 1 unspecified atom stereocenters. The molecule has 49 heavy (non-hydrogen) atoms. The van der Waals surface area contributed by atoms with Crippen LogP contribution in [0.25, 0.3) is 0 Å². The fraction of sp³-hybridized carbons (Fsp3) is 0.833. The van der Waals surface area contributed by atoms with E-state index in [4.69, 9.17) is 15.4 Å². The number of carbonyl (C=O) groups is 1. The van der Waals surface area contributed by atoms with Crippen LogP contribution < -0.4 is 0 Å². The second-order valence-electron chi connectivity index (χ2n) is 18.5. The molecule has 7 heteroatoms. The summed E-state index contributed by atoms with van der Waals surface area (Å²) in [4.78, 5) is 11.4. The third kappa shape index (κ3) is 8.47. The summed E-state index contributed by atoms with van der Waals surface area (Å²) in [5.41, 5.74) is 7.10. The van der Waals surface area contributed by atoms with Crippen molar-refractivity contribution in [3.8, 4) is 0 Å². The average Bonchev–Trinajstić information content (AvgIpc) is 3.34. The van der Waals surface area contributed by atoms with Crippen LogP contribution in [-0.4, -0.2) is 51.1 Å². The standard InChI is InChI=1S/C42H76O5Si2/c1-26(2)48(27(3)4,28(5)6)46-36-23-35(32(13)40(24-36)47-49(29(7)8,30(9)10)31(11)12)19-18-34-17-16-22-42(15)37(20-21-38(34)42)33(14)39(43)25-41(44)45/h18-19,26-31,33,36-40,43H,13,16-17,20-25H2,1-12,14-15H3,(H,44,45)/t33-,36+,37+,38-,39?,40-,42+/m0/s1. The molecule has 0 amide bonds. The fourth-order valence-electron chi connectivity index (χ4n) is 11.8. The molecule has 0 spiro atoms. The molecule has 0 aromatic rings. The average molecular weight is 717 g/mol. The zero-order chi connectivity index (χ0) is 37.2. The van der Waals surface area contributed by atoms with Gasteiger partial charge in [0.1, 0.15) is 0 Å². The molecular formula is C42H76O5Si2. The van der Waals surface area contributed by atoms with Crippen LogP contribution in [0, 0.1) is 23.2 Å². The maximum atomic E-state index is 11.4. The van der Waals surface area contributed by atoms with Crippen molar-refractivity contribution in [2.75, 3.05) is 0 Å². The maximum absolute atomic E-state index is 11.4. The lowest BCUT2D eigenvalue weighted by Gasteiger charge is -2.49. The van der Waals surface area contributed by atoms with Crippen molar-refractivity contribution in [3.05, 3.63) is 35.5 Å². The van der Waals surface area contributed by atoms with Crippen LogP contribution >= 0.6 is 0 Å². The first-order chi connectivity index (χ1) is 22.7. The van der Waals surface area contributed by atoms with Crippen molar-refractivity contribution < 1.29 is 23.9 Å². The van der Waals surface area contributed by atoms with Gasteiger partial charge in [-0.25, -0.2) is 0 Å². The van der Waals surface area contributed by atoms with E-state index >= 15 is 0 Å². The number of fused-ring (bicyclic) bond motifs is 1. The SMILES string of the molecule is C=C1C(=CC=C2CCC[C@]3(C)[C@@H]([C@H](C)C(O)CC(=O)O)CC[C@@H]23)C[C@@H](O[Si](C(C)C)(C(C)C)C(C)C)C[C@@H]1O[Si](C(C)C)(C(C)C)C(C)C. The van der Waals surface area contributed by atoms with Crippen LogP contribution in [0.4, 0.5) is 0 Å². The third-order valence-corrected chi connectivity index (χ3v) is 26.3. The molecule has 3 fully saturated rings. The summed E-state index contributed by atoms with van der Waals surface area (Å²) >= 11 is 0. The van der Waals surface area contributed by atoms with E-state index in [9.17, 15) is 15.0 Å². The van der Waals surface area contributed by atoms with Crippen molar-refractivity contribution in [2.24, 2.45) is 23.2 Å². The normalized spacial score (nSPS) is 30.1. The van der Waals surface area contributed by atoms with E-state index in [0.717, 1.165) is 50.5 Å². The molecule has 0 radical (unpaired) electrons. The highest BCUT2D eigenvalue weighted by Crippen LogP contribution is 2.60. The van der Waals surface area contributed by atoms with Crippen LogP contribution in [-0.2, 0) is 13.6 Å². The van der Waals surface area contributed by atoms with Gasteiger partial charge in [0.2, 0.25) is 16.6 Å². The Morgan fingerprint density at radius 2 is 1.37 bits per heavy atom. The van der Waals surface area contributed by atoms with E-state index in [1.165, 1.54) is 11.1 Å². The van der Waals surface area contributed by atoms with Gasteiger partial charge in [0, 0.05) is 6.42 Å². The van der Waals surface area contributed by atoms with Gasteiger partial charge in [-0.1, -0.05) is 121 Å². The topological polar surface area (TPSA) is 76.0 Å². The molecule has 0 aliphatic heterocycles. The van der Waals surface area contributed by atoms with Crippen LogP contribution in [0.5, 0.6) is 0 Å². The maximum Gasteiger partial charge on any atom is 0.305 e. The van der Waals surface area contributed by atoms with E-state index in [1.54, 1.807) is 0 Å². The van der Waals surface area contributed by atoms with Gasteiger partial charge in [-0.05, 0) is 106 Å². The second-order valence-corrected chi connectivity index (χ2v) is 29.3. The van der Waals surface area contributed by atoms with Gasteiger partial charge in [-0.15, -0.1) is 0 Å². The summed E-state index contributed by atoms with van der Waals surface area (Å²) < 4.78 is 15.1. The van der Waals surface area contributed by atoms with Gasteiger partial charge < -0.3 is 19.1 Å². The highest BCUT2D eigenvalue weighted by molar-refractivity contribution is 6.78. The highest BCUT2D eigenvalue weighted by atomic mass is 28.4. The third-order valence-electron chi connectivity index (χ3n) is 14.0. The van der Waals surface area contributed by atoms with Gasteiger partial charge in [0.05, 0.1) is 24.7 Å². The lowest BCUT2D eigenvalue weighted by molar-refractivity contribution is -0.140. The molecule has 2 N–H and O–H groups in total. The van der Waals surface area contributed by atoms with Gasteiger partial charge in [0.15, 0.2) is 0 Å². The zero-order valence-electron chi connectivity index (χ0n) is 34.1. The summed E-state index contributed by atoms with van der Waals surface area (Å²) in [5, 5.41) is 20.2. The smallest absolute Gasteiger partial charge is 0.305 e. The minimum Gasteiger partial charge on any atom is -0.481 e. The molecule has 0 heterocycles. The molecule has 282 valence electrons. The Labute approximate surface area is 304 Å². The van der Waals surface area contributed by atoms with Gasteiger partial charge in [-0.2, -0.15) is 0 Å². The molecule has 7 atom stereocenters. The lowest BCUT2D eigenvalue weighted by atomic mass is 9.60. The van der Waals surface area contributed by atoms with Crippen molar-refractivity contribution in [3.63, 3.8) is 0 Å². The van der Waals surface area contributed by atoms with E-state index in [-0.39, 0.29) is 30.0 Å². The number of carboxylic acids is 1. The Bertz CT molecular complexity index is 1160. The Hall–Kier alpha value is -0.996. The largest absolute Gasteiger partial charge is 0.481 e. The van der Waals surface area contributed by atoms with E-state index in [2.05, 4.69) is 109 Å². The predicted octanol–water partition coefficient (Wildman–Crippen LogP) is 12.0. The molecule has 3 saturated carbocycles. The van der Waals surface area contributed by atoms with E-state index in [1.807, 2.05) is 0 Å². The van der Waals surface area contributed by atoms with Gasteiger partial charge in [-0.3, -0.25) is 4.79 Å². The molecule has 0 aromatic heterocycles. The van der Waals surface area contributed by atoms with Crippen molar-refractivity contribution in [2.45, 2.75) is 200 Å². The number of allylic oxidation sites excluding steroid dienone is 3. The van der Waals surface area contributed by atoms with Gasteiger partial charge in [0.25, 0.3) is 0 Å². The summed E-state index contributed by atoms with van der Waals surface area (Å²) in [5.74, 6) is -0.162. The molecule has 0 bridgehead atoms. The Morgan fingerprint density at radius 3 is 1.86 bits per heavy atom. The number of hydrogen-bond acceptors (Lipinski definition) is 4. The molecule has 3 aliphatic carbocycles. The fourth-order valence-corrected chi connectivity index (χ4v) is 22.9. The highest BCUT2D eigenvalue weighted by Gasteiger charge is 2.53. The van der Waals surface area contributed by atoms with Crippen LogP contribution in [0.2, 0.25) is 33.2 Å². The number of aliphatic hydroxyl groups is 1. The number of rotatable bonds is 15. The summed E-state index contributed by atoms with van der Waals surface area (Å²) in [6.07, 6.45) is 11.2. The van der Waals surface area contributed by atoms with Crippen molar-refractivity contribution in [1.82, 2.24) is 0 Å². The van der Waals surface area contributed by atoms with Crippen LogP contribution in [0.3, 0.4) is 0 Å². The summed E-state index contributed by atoms with van der Waals surface area (Å²) in [6.45, 7) is 37.8. The molecule has 0 aromatic carbocycles. The van der Waals surface area contributed by atoms with E-state index in [0.29, 0.717) is 45.1 Å². The Morgan fingerprint density at radius 1 is 0.857 bits per heavy atom. The number of aliphatic carboxylic acids is 1. The molecule has 3 aliphatic rings. The zero-order valence-corrected chi connectivity index (χ0v) is 36.1. The van der Waals surface area contributed by atoms with Crippen LogP contribution in [0.1, 0.15) is 148 Å². The first kappa shape index (κ1) is 42.4. The minimum absolute atomic E-state index is 0.0302. The summed E-state index contributed by atoms with van der Waals surface area (Å²) in [7, 11) is -4.28. The molecule has 3 rings (SSSR count). The number of hydrogen-bond donors (Lipinski definition) is 2. The lowest BCUT2D eigenvalue weighted by Crippen LogP contribution is -2.54. The molecular weight excluding hydrogens is 641 g/mol. The van der Waals surface area contributed by atoms with Gasteiger partial charge >= 0.3 is 5.97 Å². The predicted molar refractivity (Wildman–Crippen MR) is 212 cm³/mol. The number of aliphatic hydroxyl groups excluding tert-OH is 1. The Kier molecular flexibility index (Phi) is 14.5. The monoisotopic (exact) mass is 717 g/mol. The summed E-state index contributed by atoms with van der Waals surface area (Å²) in [6, 6.07) is 0.